The number of carbonyl (C=O) groups is 2. The van der Waals surface area contributed by atoms with Crippen LogP contribution in [0.4, 0.5) is 11.4 Å². The number of nitrogens with zero attached hydrogens (tertiary/aromatic N) is 1. The second-order valence-electron chi connectivity index (χ2n) is 6.38. The molecule has 27 heavy (non-hydrogen) atoms. The van der Waals surface area contributed by atoms with Crippen LogP contribution in [0.1, 0.15) is 46.4 Å². The van der Waals surface area contributed by atoms with E-state index in [1.807, 2.05) is 0 Å². The molecule has 2 amide bonds. The number of hydrogen-bond acceptors (Lipinski definition) is 4. The van der Waals surface area contributed by atoms with Crippen LogP contribution in [-0.2, 0) is 0 Å². The van der Waals surface area contributed by atoms with Crippen molar-refractivity contribution in [3.8, 4) is 0 Å². The normalized spacial score (nSPS) is 14.0. The van der Waals surface area contributed by atoms with Gasteiger partial charge in [-0.05, 0) is 31.0 Å². The van der Waals surface area contributed by atoms with Gasteiger partial charge in [0.25, 0.3) is 17.5 Å². The van der Waals surface area contributed by atoms with E-state index >= 15 is 0 Å². The van der Waals surface area contributed by atoms with E-state index in [1.165, 1.54) is 12.1 Å². The third-order valence-electron chi connectivity index (χ3n) is 4.52. The molecule has 1 fully saturated rings. The van der Waals surface area contributed by atoms with Gasteiger partial charge >= 0.3 is 0 Å². The van der Waals surface area contributed by atoms with E-state index in [4.69, 9.17) is 11.6 Å². The molecule has 0 saturated heterocycles. The van der Waals surface area contributed by atoms with Crippen LogP contribution in [0.3, 0.4) is 0 Å². The van der Waals surface area contributed by atoms with E-state index in [-0.39, 0.29) is 28.2 Å². The molecule has 1 saturated carbocycles. The Morgan fingerprint density at radius 2 is 1.74 bits per heavy atom. The lowest BCUT2D eigenvalue weighted by molar-refractivity contribution is -0.384. The van der Waals surface area contributed by atoms with Crippen molar-refractivity contribution in [3.05, 3.63) is 68.7 Å². The quantitative estimate of drug-likeness (QED) is 0.593. The fourth-order valence-corrected chi connectivity index (χ4v) is 3.38. The van der Waals surface area contributed by atoms with Crippen LogP contribution in [-0.4, -0.2) is 22.8 Å². The van der Waals surface area contributed by atoms with Gasteiger partial charge in [-0.3, -0.25) is 19.7 Å². The Hall–Kier alpha value is -2.93. The summed E-state index contributed by atoms with van der Waals surface area (Å²) in [6.45, 7) is 0. The van der Waals surface area contributed by atoms with Crippen LogP contribution in [0, 0.1) is 10.1 Å². The fraction of sp³-hybridized carbons (Fsp3) is 0.263. The molecule has 0 unspecified atom stereocenters. The number of halogens is 1. The molecule has 2 aromatic carbocycles. The summed E-state index contributed by atoms with van der Waals surface area (Å²) < 4.78 is 0. The zero-order valence-electron chi connectivity index (χ0n) is 14.4. The average molecular weight is 388 g/mol. The number of amides is 2. The molecule has 0 bridgehead atoms. The molecule has 0 aromatic heterocycles. The summed E-state index contributed by atoms with van der Waals surface area (Å²) >= 11 is 6.01. The smallest absolute Gasteiger partial charge is 0.270 e. The lowest BCUT2D eigenvalue weighted by atomic mass is 10.1. The standard InChI is InChI=1S/C19H18ClN3O4/c20-16-11-13(23(26)27)9-10-14(16)18(24)22-17-8-4-3-7-15(17)19(25)21-12-5-1-2-6-12/h3-4,7-12H,1-2,5-6H2,(H,21,25)(H,22,24). The largest absolute Gasteiger partial charge is 0.349 e. The molecule has 2 aromatic rings. The number of anilines is 1. The van der Waals surface area contributed by atoms with Crippen molar-refractivity contribution in [1.29, 1.82) is 0 Å². The van der Waals surface area contributed by atoms with Crippen LogP contribution >= 0.6 is 11.6 Å². The molecule has 0 aliphatic heterocycles. The first kappa shape index (κ1) is 18.8. The Balaban J connectivity index is 1.78. The highest BCUT2D eigenvalue weighted by Crippen LogP contribution is 2.25. The lowest BCUT2D eigenvalue weighted by Crippen LogP contribution is -2.33. The first-order chi connectivity index (χ1) is 13.0. The van der Waals surface area contributed by atoms with Gasteiger partial charge < -0.3 is 10.6 Å². The number of rotatable bonds is 5. The molecule has 7 nitrogen and oxygen atoms in total. The maximum absolute atomic E-state index is 12.6. The summed E-state index contributed by atoms with van der Waals surface area (Å²) in [6, 6.07) is 10.5. The van der Waals surface area contributed by atoms with Crippen molar-refractivity contribution in [2.75, 3.05) is 5.32 Å². The minimum absolute atomic E-state index is 0.0328. The summed E-state index contributed by atoms with van der Waals surface area (Å²) in [4.78, 5) is 35.3. The number of non-ortho nitro benzene ring substituents is 1. The molecule has 2 N–H and O–H groups in total. The maximum Gasteiger partial charge on any atom is 0.270 e. The van der Waals surface area contributed by atoms with Crippen molar-refractivity contribution in [2.45, 2.75) is 31.7 Å². The average Bonchev–Trinajstić information content (AvgIpc) is 3.14. The zero-order valence-corrected chi connectivity index (χ0v) is 15.2. The van der Waals surface area contributed by atoms with E-state index < -0.39 is 10.8 Å². The number of benzene rings is 2. The van der Waals surface area contributed by atoms with Crippen LogP contribution in [0.5, 0.6) is 0 Å². The van der Waals surface area contributed by atoms with Crippen LogP contribution < -0.4 is 10.6 Å². The third-order valence-corrected chi connectivity index (χ3v) is 4.83. The Morgan fingerprint density at radius 1 is 1.04 bits per heavy atom. The number of para-hydroxylation sites is 1. The summed E-state index contributed by atoms with van der Waals surface area (Å²) in [5.74, 6) is -0.788. The van der Waals surface area contributed by atoms with Gasteiger partial charge in [0.15, 0.2) is 0 Å². The van der Waals surface area contributed by atoms with Crippen molar-refractivity contribution < 1.29 is 14.5 Å². The van der Waals surface area contributed by atoms with Gasteiger partial charge in [0.2, 0.25) is 0 Å². The van der Waals surface area contributed by atoms with Gasteiger partial charge in [-0.15, -0.1) is 0 Å². The number of nitro benzene ring substituents is 1. The van der Waals surface area contributed by atoms with Crippen LogP contribution in [0.2, 0.25) is 5.02 Å². The van der Waals surface area contributed by atoms with Gasteiger partial charge in [-0.2, -0.15) is 0 Å². The Labute approximate surface area is 160 Å². The summed E-state index contributed by atoms with van der Waals surface area (Å²) in [5.41, 5.74) is 0.601. The van der Waals surface area contributed by atoms with Crippen LogP contribution in [0.15, 0.2) is 42.5 Å². The van der Waals surface area contributed by atoms with E-state index in [0.717, 1.165) is 31.7 Å². The summed E-state index contributed by atoms with van der Waals surface area (Å²) in [7, 11) is 0. The Kier molecular flexibility index (Phi) is 5.71. The second kappa shape index (κ2) is 8.18. The topological polar surface area (TPSA) is 101 Å². The van der Waals surface area contributed by atoms with Gasteiger partial charge in [-0.1, -0.05) is 36.6 Å². The minimum Gasteiger partial charge on any atom is -0.349 e. The van der Waals surface area contributed by atoms with Crippen molar-refractivity contribution in [1.82, 2.24) is 5.32 Å². The molecule has 1 aliphatic rings. The van der Waals surface area contributed by atoms with Gasteiger partial charge in [-0.25, -0.2) is 0 Å². The molecule has 1 aliphatic carbocycles. The molecule has 0 atom stereocenters. The van der Waals surface area contributed by atoms with Gasteiger partial charge in [0.05, 0.1) is 26.8 Å². The summed E-state index contributed by atoms with van der Waals surface area (Å²) in [5, 5.41) is 16.4. The highest BCUT2D eigenvalue weighted by Gasteiger charge is 2.21. The SMILES string of the molecule is O=C(Nc1ccccc1C(=O)NC1CCCC1)c1ccc([N+](=O)[O-])cc1Cl. The van der Waals surface area contributed by atoms with Gasteiger partial charge in [0, 0.05) is 18.2 Å². The fourth-order valence-electron chi connectivity index (χ4n) is 3.11. The lowest BCUT2D eigenvalue weighted by Gasteiger charge is -2.15. The monoisotopic (exact) mass is 387 g/mol. The van der Waals surface area contributed by atoms with Crippen molar-refractivity contribution in [3.63, 3.8) is 0 Å². The van der Waals surface area contributed by atoms with E-state index in [0.29, 0.717) is 11.3 Å². The van der Waals surface area contributed by atoms with Gasteiger partial charge in [0.1, 0.15) is 0 Å². The molecule has 3 rings (SSSR count). The number of carbonyl (C=O) groups excluding carboxylic acids is 2. The second-order valence-corrected chi connectivity index (χ2v) is 6.78. The van der Waals surface area contributed by atoms with E-state index in [1.54, 1.807) is 24.3 Å². The number of nitrogens with one attached hydrogen (secondary N) is 2. The van der Waals surface area contributed by atoms with E-state index in [2.05, 4.69) is 10.6 Å². The molecular formula is C19H18ClN3O4. The van der Waals surface area contributed by atoms with Crippen molar-refractivity contribution >= 4 is 34.8 Å². The molecule has 0 heterocycles. The third kappa shape index (κ3) is 4.43. The van der Waals surface area contributed by atoms with E-state index in [9.17, 15) is 19.7 Å². The predicted molar refractivity (Wildman–Crippen MR) is 102 cm³/mol. The Bertz CT molecular complexity index is 894. The minimum atomic E-state index is -0.587. The maximum atomic E-state index is 12.6. The van der Waals surface area contributed by atoms with Crippen molar-refractivity contribution in [2.24, 2.45) is 0 Å². The summed E-state index contributed by atoms with van der Waals surface area (Å²) in [6.07, 6.45) is 4.11. The molecule has 140 valence electrons. The highest BCUT2D eigenvalue weighted by molar-refractivity contribution is 6.34. The molecule has 0 spiro atoms. The highest BCUT2D eigenvalue weighted by atomic mass is 35.5. The predicted octanol–water partition coefficient (Wildman–Crippen LogP) is 4.17. The Morgan fingerprint density at radius 3 is 2.41 bits per heavy atom. The first-order valence-corrected chi connectivity index (χ1v) is 8.98. The molecule has 0 radical (unpaired) electrons. The van der Waals surface area contributed by atoms with Crippen LogP contribution in [0.25, 0.3) is 0 Å². The number of hydrogen-bond donors (Lipinski definition) is 2. The molecular weight excluding hydrogens is 370 g/mol. The number of nitro groups is 1. The molecule has 8 heteroatoms. The first-order valence-electron chi connectivity index (χ1n) is 8.61. The zero-order chi connectivity index (χ0) is 19.4.